The zero-order valence-corrected chi connectivity index (χ0v) is 10.1. The van der Waals surface area contributed by atoms with Gasteiger partial charge in [0.15, 0.2) is 0 Å². The molecule has 15 heavy (non-hydrogen) atoms. The van der Waals surface area contributed by atoms with Gasteiger partial charge in [-0.3, -0.25) is 0 Å². The maximum Gasteiger partial charge on any atom is 0.123 e. The molecule has 1 rings (SSSR count). The molecule has 0 unspecified atom stereocenters. The summed E-state index contributed by atoms with van der Waals surface area (Å²) in [7, 11) is 0. The SMILES string of the molecule is C#CCCCOc1ccc(Br)cc1CN. The van der Waals surface area contributed by atoms with E-state index in [1.54, 1.807) is 0 Å². The number of ether oxygens (including phenoxy) is 1. The van der Waals surface area contributed by atoms with Crippen molar-refractivity contribution in [1.82, 2.24) is 0 Å². The fourth-order valence-corrected chi connectivity index (χ4v) is 1.61. The smallest absolute Gasteiger partial charge is 0.123 e. The monoisotopic (exact) mass is 267 g/mol. The highest BCUT2D eigenvalue weighted by Gasteiger charge is 2.02. The van der Waals surface area contributed by atoms with E-state index in [1.165, 1.54) is 0 Å². The van der Waals surface area contributed by atoms with E-state index < -0.39 is 0 Å². The van der Waals surface area contributed by atoms with E-state index in [1.807, 2.05) is 18.2 Å². The molecule has 0 atom stereocenters. The first-order valence-corrected chi connectivity index (χ1v) is 5.62. The van der Waals surface area contributed by atoms with E-state index in [2.05, 4.69) is 21.9 Å². The van der Waals surface area contributed by atoms with Crippen molar-refractivity contribution in [2.75, 3.05) is 6.61 Å². The molecule has 1 aromatic carbocycles. The average molecular weight is 268 g/mol. The van der Waals surface area contributed by atoms with Gasteiger partial charge in [-0.1, -0.05) is 15.9 Å². The molecule has 0 aliphatic rings. The molecule has 0 saturated carbocycles. The van der Waals surface area contributed by atoms with Gasteiger partial charge in [0.1, 0.15) is 5.75 Å². The van der Waals surface area contributed by atoms with Gasteiger partial charge in [0.05, 0.1) is 6.61 Å². The largest absolute Gasteiger partial charge is 0.493 e. The first kappa shape index (κ1) is 12.1. The van der Waals surface area contributed by atoms with Crippen LogP contribution in [-0.4, -0.2) is 6.61 Å². The van der Waals surface area contributed by atoms with Crippen LogP contribution in [0.4, 0.5) is 0 Å². The second kappa shape index (κ2) is 6.49. The molecule has 0 heterocycles. The number of hydrogen-bond donors (Lipinski definition) is 1. The molecule has 80 valence electrons. The quantitative estimate of drug-likeness (QED) is 0.658. The molecular formula is C12H14BrNO. The Balaban J connectivity index is 2.57. The lowest BCUT2D eigenvalue weighted by Gasteiger charge is -2.09. The van der Waals surface area contributed by atoms with Crippen LogP contribution in [0.3, 0.4) is 0 Å². The van der Waals surface area contributed by atoms with Gasteiger partial charge in [0.25, 0.3) is 0 Å². The van der Waals surface area contributed by atoms with Crippen molar-refractivity contribution in [3.8, 4) is 18.1 Å². The molecule has 0 radical (unpaired) electrons. The fraction of sp³-hybridized carbons (Fsp3) is 0.333. The van der Waals surface area contributed by atoms with Crippen molar-refractivity contribution in [1.29, 1.82) is 0 Å². The van der Waals surface area contributed by atoms with E-state index in [0.717, 1.165) is 28.6 Å². The molecule has 0 aliphatic heterocycles. The third-order valence-electron chi connectivity index (χ3n) is 1.97. The summed E-state index contributed by atoms with van der Waals surface area (Å²) in [5, 5.41) is 0. The summed E-state index contributed by atoms with van der Waals surface area (Å²) < 4.78 is 6.60. The summed E-state index contributed by atoms with van der Waals surface area (Å²) in [5.74, 6) is 3.42. The third kappa shape index (κ3) is 3.94. The van der Waals surface area contributed by atoms with Gasteiger partial charge in [-0.25, -0.2) is 0 Å². The van der Waals surface area contributed by atoms with Crippen LogP contribution in [0.2, 0.25) is 0 Å². The van der Waals surface area contributed by atoms with Gasteiger partial charge in [-0.05, 0) is 24.6 Å². The van der Waals surface area contributed by atoms with Crippen LogP contribution in [0.15, 0.2) is 22.7 Å². The summed E-state index contributed by atoms with van der Waals surface area (Å²) in [6, 6.07) is 5.83. The number of nitrogens with two attached hydrogens (primary N) is 1. The van der Waals surface area contributed by atoms with Crippen molar-refractivity contribution in [2.45, 2.75) is 19.4 Å². The second-order valence-corrected chi connectivity index (χ2v) is 4.03. The van der Waals surface area contributed by atoms with Gasteiger partial charge < -0.3 is 10.5 Å². The molecular weight excluding hydrogens is 254 g/mol. The van der Waals surface area contributed by atoms with E-state index in [4.69, 9.17) is 16.9 Å². The summed E-state index contributed by atoms with van der Waals surface area (Å²) in [5.41, 5.74) is 6.62. The standard InChI is InChI=1S/C12H14BrNO/c1-2-3-4-7-15-12-6-5-11(13)8-10(12)9-14/h1,5-6,8H,3-4,7,9,14H2. The number of halogens is 1. The first-order valence-electron chi connectivity index (χ1n) is 4.82. The lowest BCUT2D eigenvalue weighted by atomic mass is 10.2. The van der Waals surface area contributed by atoms with Crippen LogP contribution in [0.1, 0.15) is 18.4 Å². The van der Waals surface area contributed by atoms with Crippen LogP contribution < -0.4 is 10.5 Å². The Morgan fingerprint density at radius 3 is 2.93 bits per heavy atom. The molecule has 2 N–H and O–H groups in total. The molecule has 0 aliphatic carbocycles. The number of unbranched alkanes of at least 4 members (excludes halogenated alkanes) is 1. The van der Waals surface area contributed by atoms with Gasteiger partial charge in [0.2, 0.25) is 0 Å². The van der Waals surface area contributed by atoms with Gasteiger partial charge >= 0.3 is 0 Å². The Morgan fingerprint density at radius 1 is 1.47 bits per heavy atom. The number of hydrogen-bond acceptors (Lipinski definition) is 2. The van der Waals surface area contributed by atoms with Crippen molar-refractivity contribution in [2.24, 2.45) is 5.73 Å². The molecule has 0 fully saturated rings. The molecule has 1 aromatic rings. The molecule has 0 bridgehead atoms. The minimum absolute atomic E-state index is 0.476. The molecule has 0 saturated heterocycles. The van der Waals surface area contributed by atoms with E-state index >= 15 is 0 Å². The molecule has 2 nitrogen and oxygen atoms in total. The van der Waals surface area contributed by atoms with Crippen molar-refractivity contribution >= 4 is 15.9 Å². The normalized spacial score (nSPS) is 9.67. The molecule has 0 spiro atoms. The summed E-state index contributed by atoms with van der Waals surface area (Å²) in [4.78, 5) is 0. The fourth-order valence-electron chi connectivity index (χ4n) is 1.20. The topological polar surface area (TPSA) is 35.2 Å². The predicted octanol–water partition coefficient (Wildman–Crippen LogP) is 2.70. The number of rotatable bonds is 5. The van der Waals surface area contributed by atoms with E-state index in [-0.39, 0.29) is 0 Å². The molecule has 3 heteroatoms. The highest BCUT2D eigenvalue weighted by atomic mass is 79.9. The number of benzene rings is 1. The first-order chi connectivity index (χ1) is 7.27. The van der Waals surface area contributed by atoms with Crippen LogP contribution in [0.25, 0.3) is 0 Å². The zero-order valence-electron chi connectivity index (χ0n) is 8.50. The van der Waals surface area contributed by atoms with E-state index in [9.17, 15) is 0 Å². The maximum atomic E-state index is 5.62. The van der Waals surface area contributed by atoms with Crippen LogP contribution in [-0.2, 0) is 6.54 Å². The Labute approximate surface area is 98.9 Å². The third-order valence-corrected chi connectivity index (χ3v) is 2.46. The predicted molar refractivity (Wildman–Crippen MR) is 65.6 cm³/mol. The highest BCUT2D eigenvalue weighted by Crippen LogP contribution is 2.22. The maximum absolute atomic E-state index is 5.62. The van der Waals surface area contributed by atoms with Gasteiger partial charge in [-0.15, -0.1) is 12.3 Å². The Kier molecular flexibility index (Phi) is 5.23. The van der Waals surface area contributed by atoms with Crippen LogP contribution in [0, 0.1) is 12.3 Å². The summed E-state index contributed by atoms with van der Waals surface area (Å²) in [6.07, 6.45) is 6.77. The van der Waals surface area contributed by atoms with Crippen molar-refractivity contribution in [3.05, 3.63) is 28.2 Å². The van der Waals surface area contributed by atoms with E-state index in [0.29, 0.717) is 13.2 Å². The van der Waals surface area contributed by atoms with Crippen LogP contribution in [0.5, 0.6) is 5.75 Å². The lowest BCUT2D eigenvalue weighted by Crippen LogP contribution is -2.03. The molecule has 0 amide bonds. The van der Waals surface area contributed by atoms with Crippen molar-refractivity contribution in [3.63, 3.8) is 0 Å². The Hall–Kier alpha value is -0.980. The highest BCUT2D eigenvalue weighted by molar-refractivity contribution is 9.10. The van der Waals surface area contributed by atoms with Gasteiger partial charge in [-0.2, -0.15) is 0 Å². The zero-order chi connectivity index (χ0) is 11.1. The lowest BCUT2D eigenvalue weighted by molar-refractivity contribution is 0.310. The van der Waals surface area contributed by atoms with Gasteiger partial charge in [0, 0.05) is 23.0 Å². The Morgan fingerprint density at radius 2 is 2.27 bits per heavy atom. The summed E-state index contributed by atoms with van der Waals surface area (Å²) >= 11 is 3.39. The minimum Gasteiger partial charge on any atom is -0.493 e. The summed E-state index contributed by atoms with van der Waals surface area (Å²) in [6.45, 7) is 1.11. The number of terminal acetylenes is 1. The average Bonchev–Trinajstić information content (AvgIpc) is 2.26. The molecule has 0 aromatic heterocycles. The second-order valence-electron chi connectivity index (χ2n) is 3.11. The van der Waals surface area contributed by atoms with Crippen LogP contribution >= 0.6 is 15.9 Å². The Bertz CT molecular complexity index is 357. The van der Waals surface area contributed by atoms with Crippen molar-refractivity contribution < 1.29 is 4.74 Å². The minimum atomic E-state index is 0.476.